The SMILES string of the molecule is CC(C)NC(N)=NCC(C)(C)c1ccc(Cl)c(Cl)c1. The monoisotopic (exact) mass is 301 g/mol. The van der Waals surface area contributed by atoms with Crippen LogP contribution in [0.25, 0.3) is 0 Å². The van der Waals surface area contributed by atoms with Gasteiger partial charge in [-0.1, -0.05) is 43.1 Å². The lowest BCUT2D eigenvalue weighted by atomic mass is 9.85. The van der Waals surface area contributed by atoms with Crippen molar-refractivity contribution in [1.29, 1.82) is 0 Å². The quantitative estimate of drug-likeness (QED) is 0.659. The Hall–Kier alpha value is -0.930. The molecule has 0 spiro atoms. The van der Waals surface area contributed by atoms with Crippen molar-refractivity contribution in [2.24, 2.45) is 10.7 Å². The van der Waals surface area contributed by atoms with Crippen LogP contribution in [-0.2, 0) is 5.41 Å². The van der Waals surface area contributed by atoms with Crippen LogP contribution in [0.2, 0.25) is 10.0 Å². The topological polar surface area (TPSA) is 50.4 Å². The summed E-state index contributed by atoms with van der Waals surface area (Å²) < 4.78 is 0. The van der Waals surface area contributed by atoms with Crippen LogP contribution in [0.5, 0.6) is 0 Å². The highest BCUT2D eigenvalue weighted by molar-refractivity contribution is 6.42. The summed E-state index contributed by atoms with van der Waals surface area (Å²) in [7, 11) is 0. The minimum atomic E-state index is -0.155. The smallest absolute Gasteiger partial charge is 0.188 e. The first kappa shape index (κ1) is 16.1. The normalized spacial score (nSPS) is 12.9. The van der Waals surface area contributed by atoms with Gasteiger partial charge in [-0.3, -0.25) is 4.99 Å². The number of nitrogens with zero attached hydrogens (tertiary/aromatic N) is 1. The maximum atomic E-state index is 6.05. The second-order valence-corrected chi connectivity index (χ2v) is 6.33. The summed E-state index contributed by atoms with van der Waals surface area (Å²) in [6.45, 7) is 8.81. The molecule has 3 N–H and O–H groups in total. The van der Waals surface area contributed by atoms with Gasteiger partial charge in [-0.25, -0.2) is 0 Å². The molecule has 0 aliphatic heterocycles. The van der Waals surface area contributed by atoms with Gasteiger partial charge in [0.2, 0.25) is 0 Å². The van der Waals surface area contributed by atoms with Gasteiger partial charge >= 0.3 is 0 Å². The Labute approximate surface area is 125 Å². The van der Waals surface area contributed by atoms with Gasteiger partial charge < -0.3 is 11.1 Å². The van der Waals surface area contributed by atoms with Crippen molar-refractivity contribution >= 4 is 29.2 Å². The van der Waals surface area contributed by atoms with Crippen LogP contribution >= 0.6 is 23.2 Å². The van der Waals surface area contributed by atoms with Gasteiger partial charge in [0.25, 0.3) is 0 Å². The van der Waals surface area contributed by atoms with Crippen molar-refractivity contribution in [2.45, 2.75) is 39.2 Å². The molecule has 3 nitrogen and oxygen atoms in total. The van der Waals surface area contributed by atoms with Crippen molar-refractivity contribution in [1.82, 2.24) is 5.32 Å². The molecule has 0 aliphatic carbocycles. The molecule has 0 bridgehead atoms. The number of aliphatic imine (C=N–C) groups is 1. The third-order valence-electron chi connectivity index (χ3n) is 2.78. The predicted octanol–water partition coefficient (Wildman–Crippen LogP) is 3.58. The van der Waals surface area contributed by atoms with E-state index in [1.54, 1.807) is 6.07 Å². The van der Waals surface area contributed by atoms with Crippen LogP contribution < -0.4 is 11.1 Å². The van der Waals surface area contributed by atoms with E-state index in [2.05, 4.69) is 24.2 Å². The molecule has 0 atom stereocenters. The first-order valence-corrected chi connectivity index (χ1v) is 7.00. The fraction of sp³-hybridized carbons (Fsp3) is 0.500. The highest BCUT2D eigenvalue weighted by atomic mass is 35.5. The summed E-state index contributed by atoms with van der Waals surface area (Å²) in [4.78, 5) is 4.37. The highest BCUT2D eigenvalue weighted by Gasteiger charge is 2.21. The van der Waals surface area contributed by atoms with Crippen LogP contribution in [0, 0.1) is 0 Å². The lowest BCUT2D eigenvalue weighted by Crippen LogP contribution is -2.38. The molecule has 1 aromatic rings. The Kier molecular flexibility index (Phi) is 5.50. The number of rotatable bonds is 4. The molecule has 5 heteroatoms. The molecule has 0 fully saturated rings. The average Bonchev–Trinajstić information content (AvgIpc) is 2.29. The van der Waals surface area contributed by atoms with E-state index >= 15 is 0 Å². The molecule has 0 aliphatic rings. The zero-order valence-electron chi connectivity index (χ0n) is 11.8. The fourth-order valence-electron chi connectivity index (χ4n) is 1.63. The van der Waals surface area contributed by atoms with Crippen LogP contribution in [0.1, 0.15) is 33.3 Å². The molecule has 0 heterocycles. The summed E-state index contributed by atoms with van der Waals surface area (Å²) in [6.07, 6.45) is 0. The van der Waals surface area contributed by atoms with E-state index in [-0.39, 0.29) is 11.5 Å². The van der Waals surface area contributed by atoms with E-state index in [1.807, 2.05) is 26.0 Å². The highest BCUT2D eigenvalue weighted by Crippen LogP contribution is 2.30. The second-order valence-electron chi connectivity index (χ2n) is 5.51. The minimum Gasteiger partial charge on any atom is -0.370 e. The number of benzene rings is 1. The van der Waals surface area contributed by atoms with Crippen molar-refractivity contribution in [2.75, 3.05) is 6.54 Å². The molecule has 1 aromatic carbocycles. The molecular weight excluding hydrogens is 281 g/mol. The summed E-state index contributed by atoms with van der Waals surface area (Å²) in [5.41, 5.74) is 6.74. The standard InChI is InChI=1S/C14H21Cl2N3/c1-9(2)19-13(17)18-8-14(3,4)10-5-6-11(15)12(16)7-10/h5-7,9H,8H2,1-4H3,(H3,17,18,19). The van der Waals surface area contributed by atoms with E-state index in [4.69, 9.17) is 28.9 Å². The molecule has 0 saturated heterocycles. The maximum Gasteiger partial charge on any atom is 0.188 e. The van der Waals surface area contributed by atoms with Crippen molar-refractivity contribution in [3.63, 3.8) is 0 Å². The zero-order chi connectivity index (χ0) is 14.6. The minimum absolute atomic E-state index is 0.155. The first-order chi connectivity index (χ1) is 8.72. The molecule has 0 amide bonds. The number of hydrogen-bond donors (Lipinski definition) is 2. The molecule has 0 radical (unpaired) electrons. The van der Waals surface area contributed by atoms with Gasteiger partial charge in [0.1, 0.15) is 0 Å². The lowest BCUT2D eigenvalue weighted by molar-refractivity contribution is 0.538. The fourth-order valence-corrected chi connectivity index (χ4v) is 1.93. The van der Waals surface area contributed by atoms with Gasteiger partial charge in [-0.2, -0.15) is 0 Å². The first-order valence-electron chi connectivity index (χ1n) is 6.24. The zero-order valence-corrected chi connectivity index (χ0v) is 13.3. The molecule has 106 valence electrons. The number of guanidine groups is 1. The van der Waals surface area contributed by atoms with E-state index in [0.29, 0.717) is 22.5 Å². The van der Waals surface area contributed by atoms with E-state index in [1.165, 1.54) is 0 Å². The molecule has 0 saturated carbocycles. The molecule has 0 aromatic heterocycles. The van der Waals surface area contributed by atoms with E-state index in [0.717, 1.165) is 5.56 Å². The summed E-state index contributed by atoms with van der Waals surface area (Å²) in [6, 6.07) is 5.93. The second kappa shape index (κ2) is 6.49. The Morgan fingerprint density at radius 2 is 1.95 bits per heavy atom. The van der Waals surface area contributed by atoms with Gasteiger partial charge in [0.05, 0.1) is 16.6 Å². The van der Waals surface area contributed by atoms with E-state index < -0.39 is 0 Å². The maximum absolute atomic E-state index is 6.05. The van der Waals surface area contributed by atoms with Gasteiger partial charge in [0.15, 0.2) is 5.96 Å². The van der Waals surface area contributed by atoms with Gasteiger partial charge in [-0.05, 0) is 31.5 Å². The van der Waals surface area contributed by atoms with Gasteiger partial charge in [0, 0.05) is 11.5 Å². The lowest BCUT2D eigenvalue weighted by Gasteiger charge is -2.24. The van der Waals surface area contributed by atoms with Crippen molar-refractivity contribution < 1.29 is 0 Å². The summed E-state index contributed by atoms with van der Waals surface area (Å²) >= 11 is 12.0. The third-order valence-corrected chi connectivity index (χ3v) is 3.52. The Morgan fingerprint density at radius 3 is 2.47 bits per heavy atom. The summed E-state index contributed by atoms with van der Waals surface area (Å²) in [5, 5.41) is 4.19. The van der Waals surface area contributed by atoms with Crippen LogP contribution in [-0.4, -0.2) is 18.5 Å². The largest absolute Gasteiger partial charge is 0.370 e. The molecular formula is C14H21Cl2N3. The van der Waals surface area contributed by atoms with Crippen LogP contribution in [0.3, 0.4) is 0 Å². The average molecular weight is 302 g/mol. The van der Waals surface area contributed by atoms with Crippen LogP contribution in [0.15, 0.2) is 23.2 Å². The van der Waals surface area contributed by atoms with Gasteiger partial charge in [-0.15, -0.1) is 0 Å². The number of nitrogens with one attached hydrogen (secondary N) is 1. The predicted molar refractivity (Wildman–Crippen MR) is 84.2 cm³/mol. The third kappa shape index (κ3) is 4.92. The van der Waals surface area contributed by atoms with Crippen LogP contribution in [0.4, 0.5) is 0 Å². The molecule has 19 heavy (non-hydrogen) atoms. The van der Waals surface area contributed by atoms with Crippen molar-refractivity contribution in [3.8, 4) is 0 Å². The Morgan fingerprint density at radius 1 is 1.32 bits per heavy atom. The Bertz CT molecular complexity index is 468. The molecule has 1 rings (SSSR count). The molecule has 0 unspecified atom stereocenters. The number of hydrogen-bond acceptors (Lipinski definition) is 1. The summed E-state index contributed by atoms with van der Waals surface area (Å²) in [5.74, 6) is 0.461. The van der Waals surface area contributed by atoms with Crippen molar-refractivity contribution in [3.05, 3.63) is 33.8 Å². The van der Waals surface area contributed by atoms with E-state index in [9.17, 15) is 0 Å². The Balaban J connectivity index is 2.83. The number of nitrogens with two attached hydrogens (primary N) is 1. The number of halogens is 2.